The van der Waals surface area contributed by atoms with Gasteiger partial charge in [-0.05, 0) is 26.2 Å². The van der Waals surface area contributed by atoms with Crippen molar-refractivity contribution < 1.29 is 42.9 Å². The zero-order valence-electron chi connectivity index (χ0n) is 29.4. The van der Waals surface area contributed by atoms with Gasteiger partial charge in [0.05, 0.1) is 6.61 Å². The molecule has 1 aromatic heterocycles. The molecule has 4 N–H and O–H groups in total. The number of aromatic nitrogens is 2. The van der Waals surface area contributed by atoms with E-state index in [1.165, 1.54) is 70.4 Å². The van der Waals surface area contributed by atoms with Crippen molar-refractivity contribution in [3.05, 3.63) is 33.1 Å². The van der Waals surface area contributed by atoms with Crippen LogP contribution in [0.25, 0.3) is 0 Å². The van der Waals surface area contributed by atoms with E-state index in [1.807, 2.05) is 0 Å². The maximum absolute atomic E-state index is 12.4. The smallest absolute Gasteiger partial charge is 0.453 e. The lowest BCUT2D eigenvalue weighted by atomic mass is 10.0. The number of hydrogen-bond donors (Lipinski definition) is 4. The Kier molecular flexibility index (Phi) is 22.2. The molecule has 49 heavy (non-hydrogen) atoms. The van der Waals surface area contributed by atoms with E-state index in [0.717, 1.165) is 42.7 Å². The molecule has 1 amide bonds. The second kappa shape index (κ2) is 25.5. The van der Waals surface area contributed by atoms with Gasteiger partial charge in [-0.2, -0.15) is 0 Å². The molecule has 0 aliphatic carbocycles. The van der Waals surface area contributed by atoms with E-state index >= 15 is 0 Å². The van der Waals surface area contributed by atoms with Gasteiger partial charge in [-0.15, -0.1) is 9.42 Å². The molecule has 1 saturated heterocycles. The van der Waals surface area contributed by atoms with Crippen LogP contribution >= 0.6 is 8.25 Å². The minimum atomic E-state index is -3.05. The average Bonchev–Trinajstić information content (AvgIpc) is 3.40. The van der Waals surface area contributed by atoms with Gasteiger partial charge in [-0.25, -0.2) is 4.79 Å². The normalized spacial score (nSPS) is 19.9. The minimum absolute atomic E-state index is 0.196. The van der Waals surface area contributed by atoms with Gasteiger partial charge in [0.15, 0.2) is 18.4 Å². The van der Waals surface area contributed by atoms with E-state index in [1.54, 1.807) is 6.92 Å². The van der Waals surface area contributed by atoms with Crippen LogP contribution in [0.2, 0.25) is 0 Å². The second-order valence-electron chi connectivity index (χ2n) is 12.7. The first kappa shape index (κ1) is 42.7. The number of amides is 1. The van der Waals surface area contributed by atoms with Crippen molar-refractivity contribution in [3.8, 4) is 0 Å². The fourth-order valence-corrected chi connectivity index (χ4v) is 6.33. The Balaban J connectivity index is 1.56. The Morgan fingerprint density at radius 1 is 0.939 bits per heavy atom. The number of unbranched alkanes of at least 4 members (excludes halogenated alkanes) is 15. The van der Waals surface area contributed by atoms with Gasteiger partial charge in [0.2, 0.25) is 0 Å². The molecule has 1 aliphatic rings. The van der Waals surface area contributed by atoms with Gasteiger partial charge in [0.25, 0.3) is 11.5 Å². The molecule has 0 saturated carbocycles. The fraction of sp³-hybridized carbons (Fsp3) is 0.824. The number of carbonyl (C=O) groups excluding carboxylic acids is 2. The van der Waals surface area contributed by atoms with Crippen LogP contribution in [0.4, 0.5) is 0 Å². The van der Waals surface area contributed by atoms with Crippen LogP contribution in [0.5, 0.6) is 0 Å². The monoisotopic (exact) mass is 716 g/mol. The van der Waals surface area contributed by atoms with Crippen LogP contribution in [0, 0.1) is 0 Å². The third-order valence-electron chi connectivity index (χ3n) is 8.65. The first-order valence-corrected chi connectivity index (χ1v) is 19.3. The minimum Gasteiger partial charge on any atom is -0.453 e. The lowest BCUT2D eigenvalue weighted by molar-refractivity contribution is -0.154. The molecular weight excluding hydrogens is 657 g/mol. The molecule has 15 heteroatoms. The van der Waals surface area contributed by atoms with Crippen LogP contribution in [-0.2, 0) is 32.9 Å². The molecule has 2 rings (SSSR count). The lowest BCUT2D eigenvalue weighted by Crippen LogP contribution is -2.40. The molecule has 280 valence electrons. The van der Waals surface area contributed by atoms with Crippen molar-refractivity contribution in [1.82, 2.24) is 14.9 Å². The van der Waals surface area contributed by atoms with Crippen molar-refractivity contribution in [2.45, 2.75) is 160 Å². The van der Waals surface area contributed by atoms with Gasteiger partial charge in [0, 0.05) is 36.4 Å². The van der Waals surface area contributed by atoms with Crippen molar-refractivity contribution in [2.24, 2.45) is 0 Å². The summed E-state index contributed by atoms with van der Waals surface area (Å²) in [5.74, 6) is -0.687. The van der Waals surface area contributed by atoms with E-state index in [-0.39, 0.29) is 18.5 Å². The van der Waals surface area contributed by atoms with Crippen LogP contribution < -0.4 is 16.6 Å². The molecule has 6 atom stereocenters. The van der Waals surface area contributed by atoms with Gasteiger partial charge in [0.1, 0.15) is 12.2 Å². The standard InChI is InChI=1S/C34H58N3O11P/c1-3-4-5-6-7-8-9-10-11-12-13-14-17-20-29(40)46-26(2)32(41)35-22-18-15-16-19-24-45-31-30(48-49(43)44)27(25-38)47-33(31)37-23-21-28(39)36-34(37)42/h21,23,26-27,30-31,33,38H,3-20,22,24-25H2,1-2H3,(H2-,35,36,39,41,42,43,44)/p+1/t26-,27-,30?,31+,33-/m1/s1. The summed E-state index contributed by atoms with van der Waals surface area (Å²) < 4.78 is 34.5. The maximum atomic E-state index is 12.4. The highest BCUT2D eigenvalue weighted by molar-refractivity contribution is 7.32. The van der Waals surface area contributed by atoms with Crippen molar-refractivity contribution in [1.29, 1.82) is 0 Å². The van der Waals surface area contributed by atoms with Crippen molar-refractivity contribution >= 4 is 20.1 Å². The van der Waals surface area contributed by atoms with Gasteiger partial charge < -0.3 is 24.6 Å². The molecule has 0 radical (unpaired) electrons. The Morgan fingerprint density at radius 3 is 2.12 bits per heavy atom. The molecule has 0 aromatic carbocycles. The average molecular weight is 717 g/mol. The molecule has 2 heterocycles. The Hall–Kier alpha value is -2.48. The number of esters is 1. The number of nitrogens with zero attached hydrogens (tertiary/aromatic N) is 1. The first-order valence-electron chi connectivity index (χ1n) is 18.2. The Bertz CT molecular complexity index is 1210. The number of nitrogens with one attached hydrogen (secondary N) is 2. The highest BCUT2D eigenvalue weighted by Gasteiger charge is 2.51. The van der Waals surface area contributed by atoms with Crippen LogP contribution in [-0.4, -0.2) is 75.6 Å². The lowest BCUT2D eigenvalue weighted by Gasteiger charge is -2.22. The summed E-state index contributed by atoms with van der Waals surface area (Å²) in [6.45, 7) is 3.88. The number of aliphatic hydroxyl groups excluding tert-OH is 1. The summed E-state index contributed by atoms with van der Waals surface area (Å²) >= 11 is 0. The molecule has 0 spiro atoms. The Labute approximate surface area is 290 Å². The van der Waals surface area contributed by atoms with E-state index in [9.17, 15) is 33.7 Å². The number of aliphatic hydroxyl groups is 1. The van der Waals surface area contributed by atoms with Gasteiger partial charge in [-0.3, -0.25) is 23.9 Å². The summed E-state index contributed by atoms with van der Waals surface area (Å²) in [6, 6.07) is 1.13. The van der Waals surface area contributed by atoms with Crippen molar-refractivity contribution in [3.63, 3.8) is 0 Å². The summed E-state index contributed by atoms with van der Waals surface area (Å²) in [6.07, 6.45) is 15.2. The molecular formula is C34H59N3O11P+. The van der Waals surface area contributed by atoms with Crippen LogP contribution in [0.15, 0.2) is 21.9 Å². The zero-order chi connectivity index (χ0) is 35.9. The molecule has 1 fully saturated rings. The van der Waals surface area contributed by atoms with Crippen LogP contribution in [0.1, 0.15) is 136 Å². The number of carbonyl (C=O) groups is 2. The third-order valence-corrected chi connectivity index (χ3v) is 9.07. The highest BCUT2D eigenvalue weighted by atomic mass is 31.1. The molecule has 14 nitrogen and oxygen atoms in total. The second-order valence-corrected chi connectivity index (χ2v) is 13.4. The number of H-pyrrole nitrogens is 1. The first-order chi connectivity index (χ1) is 23.7. The maximum Gasteiger partial charge on any atom is 0.695 e. The number of hydrogen-bond acceptors (Lipinski definition) is 10. The Morgan fingerprint density at radius 2 is 1.53 bits per heavy atom. The number of rotatable bonds is 28. The summed E-state index contributed by atoms with van der Waals surface area (Å²) in [7, 11) is -3.05. The molecule has 2 unspecified atom stereocenters. The van der Waals surface area contributed by atoms with Gasteiger partial charge in [-0.1, -0.05) is 96.8 Å². The predicted octanol–water partition coefficient (Wildman–Crippen LogP) is 4.94. The third kappa shape index (κ3) is 17.3. The fourth-order valence-electron chi connectivity index (χ4n) is 5.87. The summed E-state index contributed by atoms with van der Waals surface area (Å²) in [5.41, 5.74) is -1.37. The van der Waals surface area contributed by atoms with E-state index in [2.05, 4.69) is 17.2 Å². The van der Waals surface area contributed by atoms with Crippen molar-refractivity contribution in [2.75, 3.05) is 19.8 Å². The number of ether oxygens (including phenoxy) is 3. The largest absolute Gasteiger partial charge is 0.695 e. The number of aromatic amines is 1. The van der Waals surface area contributed by atoms with E-state index in [4.69, 9.17) is 18.7 Å². The highest BCUT2D eigenvalue weighted by Crippen LogP contribution is 2.37. The summed E-state index contributed by atoms with van der Waals surface area (Å²) in [4.78, 5) is 59.8. The molecule has 1 aliphatic heterocycles. The molecule has 1 aromatic rings. The zero-order valence-corrected chi connectivity index (χ0v) is 30.2. The summed E-state index contributed by atoms with van der Waals surface area (Å²) in [5, 5.41) is 12.5. The van der Waals surface area contributed by atoms with E-state index < -0.39 is 56.8 Å². The SMILES string of the molecule is CCCCCCCCCCCCCCCC(=O)O[C@H](C)C(=O)NCCCCCCO[C@H]1C(O[P+](=O)O)[C@@H](CO)O[C@H]1n1ccc(=O)[nH]c1=O. The van der Waals surface area contributed by atoms with Crippen LogP contribution in [0.3, 0.4) is 0 Å². The van der Waals surface area contributed by atoms with E-state index in [0.29, 0.717) is 25.8 Å². The quantitative estimate of drug-likeness (QED) is 0.0521. The molecule has 0 bridgehead atoms. The predicted molar refractivity (Wildman–Crippen MR) is 184 cm³/mol. The van der Waals surface area contributed by atoms with Gasteiger partial charge >= 0.3 is 19.9 Å². The topological polar surface area (TPSA) is 195 Å².